The molecule has 29 heavy (non-hydrogen) atoms. The Morgan fingerprint density at radius 2 is 2.00 bits per heavy atom. The SMILES string of the molecule is Cc1cccc(OCCN2C(=O)S/C(=C\c3c(Cl)ccc([N+](=O)[O-])c3Cl)C2=O)c1. The molecule has 0 atom stereocenters. The van der Waals surface area contributed by atoms with Crippen molar-refractivity contribution in [2.75, 3.05) is 13.2 Å². The Bertz CT molecular complexity index is 1040. The van der Waals surface area contributed by atoms with Crippen molar-refractivity contribution in [1.82, 2.24) is 4.90 Å². The summed E-state index contributed by atoms with van der Waals surface area (Å²) in [5.41, 5.74) is 0.805. The number of hydrogen-bond acceptors (Lipinski definition) is 6. The van der Waals surface area contributed by atoms with Crippen LogP contribution in [-0.2, 0) is 4.79 Å². The van der Waals surface area contributed by atoms with Gasteiger partial charge in [0.05, 0.1) is 16.4 Å². The lowest BCUT2D eigenvalue weighted by Gasteiger charge is -2.13. The molecule has 1 heterocycles. The second kappa shape index (κ2) is 8.86. The Morgan fingerprint density at radius 3 is 2.69 bits per heavy atom. The number of thioether (sulfide) groups is 1. The predicted octanol–water partition coefficient (Wildman–Crippen LogP) is 5.33. The monoisotopic (exact) mass is 452 g/mol. The number of imide groups is 1. The first-order valence-corrected chi connectivity index (χ1v) is 9.92. The van der Waals surface area contributed by atoms with Crippen LogP contribution < -0.4 is 4.74 Å². The summed E-state index contributed by atoms with van der Waals surface area (Å²) in [6, 6.07) is 9.90. The van der Waals surface area contributed by atoms with E-state index in [4.69, 9.17) is 27.9 Å². The molecule has 150 valence electrons. The van der Waals surface area contributed by atoms with Crippen LogP contribution in [0.5, 0.6) is 5.75 Å². The van der Waals surface area contributed by atoms with Crippen molar-refractivity contribution in [2.24, 2.45) is 0 Å². The summed E-state index contributed by atoms with van der Waals surface area (Å²) in [7, 11) is 0. The number of amides is 2. The largest absolute Gasteiger partial charge is 0.492 e. The van der Waals surface area contributed by atoms with Crippen LogP contribution in [-0.4, -0.2) is 34.1 Å². The highest BCUT2D eigenvalue weighted by atomic mass is 35.5. The van der Waals surface area contributed by atoms with E-state index in [9.17, 15) is 19.7 Å². The molecule has 2 aromatic carbocycles. The number of aryl methyl sites for hydroxylation is 1. The quantitative estimate of drug-likeness (QED) is 0.334. The van der Waals surface area contributed by atoms with E-state index < -0.39 is 16.1 Å². The molecular weight excluding hydrogens is 439 g/mol. The molecule has 0 spiro atoms. The van der Waals surface area contributed by atoms with Crippen molar-refractivity contribution in [1.29, 1.82) is 0 Å². The maximum Gasteiger partial charge on any atom is 0.293 e. The van der Waals surface area contributed by atoms with Gasteiger partial charge in [-0.05, 0) is 48.5 Å². The zero-order valence-corrected chi connectivity index (χ0v) is 17.4. The molecule has 0 N–H and O–H groups in total. The fraction of sp³-hybridized carbons (Fsp3) is 0.158. The van der Waals surface area contributed by atoms with Gasteiger partial charge in [-0.15, -0.1) is 0 Å². The van der Waals surface area contributed by atoms with Crippen LogP contribution in [0.4, 0.5) is 10.5 Å². The topological polar surface area (TPSA) is 89.8 Å². The first-order chi connectivity index (χ1) is 13.8. The molecule has 0 aromatic heterocycles. The third-order valence-electron chi connectivity index (χ3n) is 4.03. The number of ether oxygens (including phenoxy) is 1. The van der Waals surface area contributed by atoms with E-state index >= 15 is 0 Å². The van der Waals surface area contributed by atoms with Crippen LogP contribution in [0.3, 0.4) is 0 Å². The van der Waals surface area contributed by atoms with Gasteiger partial charge in [-0.2, -0.15) is 0 Å². The lowest BCUT2D eigenvalue weighted by Crippen LogP contribution is -2.32. The zero-order valence-electron chi connectivity index (χ0n) is 15.1. The van der Waals surface area contributed by atoms with Gasteiger partial charge < -0.3 is 4.74 Å². The highest BCUT2D eigenvalue weighted by Gasteiger charge is 2.35. The van der Waals surface area contributed by atoms with Crippen molar-refractivity contribution in [3.05, 3.63) is 72.6 Å². The van der Waals surface area contributed by atoms with Crippen molar-refractivity contribution in [2.45, 2.75) is 6.92 Å². The molecular formula is C19H14Cl2N2O5S. The Balaban J connectivity index is 1.75. The number of halogens is 2. The summed E-state index contributed by atoms with van der Waals surface area (Å²) in [5.74, 6) is 0.106. The van der Waals surface area contributed by atoms with Crippen LogP contribution in [0.25, 0.3) is 6.08 Å². The summed E-state index contributed by atoms with van der Waals surface area (Å²) in [6.07, 6.45) is 1.30. The van der Waals surface area contributed by atoms with Gasteiger partial charge in [0.25, 0.3) is 16.8 Å². The van der Waals surface area contributed by atoms with Crippen LogP contribution in [0.15, 0.2) is 41.3 Å². The molecule has 2 amide bonds. The molecule has 0 unspecified atom stereocenters. The van der Waals surface area contributed by atoms with E-state index in [-0.39, 0.29) is 39.4 Å². The number of nitrogens with zero attached hydrogens (tertiary/aromatic N) is 2. The maximum atomic E-state index is 12.6. The van der Waals surface area contributed by atoms with Crippen molar-refractivity contribution < 1.29 is 19.2 Å². The van der Waals surface area contributed by atoms with Crippen molar-refractivity contribution in [3.8, 4) is 5.75 Å². The highest BCUT2D eigenvalue weighted by molar-refractivity contribution is 8.18. The van der Waals surface area contributed by atoms with Crippen molar-refractivity contribution >= 4 is 57.9 Å². The number of carbonyl (C=O) groups excluding carboxylic acids is 2. The Labute approximate surface area is 180 Å². The van der Waals surface area contributed by atoms with Gasteiger partial charge in [-0.1, -0.05) is 35.3 Å². The van der Waals surface area contributed by atoms with E-state index in [0.717, 1.165) is 10.5 Å². The first-order valence-electron chi connectivity index (χ1n) is 8.35. The molecule has 3 rings (SSSR count). The minimum atomic E-state index is -0.648. The van der Waals surface area contributed by atoms with Gasteiger partial charge in [-0.25, -0.2) is 0 Å². The maximum absolute atomic E-state index is 12.6. The number of benzene rings is 2. The summed E-state index contributed by atoms with van der Waals surface area (Å²) in [5, 5.41) is 10.5. The lowest BCUT2D eigenvalue weighted by molar-refractivity contribution is -0.384. The minimum Gasteiger partial charge on any atom is -0.492 e. The Kier molecular flexibility index (Phi) is 6.46. The standard InChI is InChI=1S/C19H14Cl2N2O5S/c1-11-3-2-4-12(9-11)28-8-7-22-18(24)16(29-19(22)25)10-13-14(20)5-6-15(17(13)21)23(26)27/h2-6,9-10H,7-8H2,1H3/b16-10-. The van der Waals surface area contributed by atoms with Crippen LogP contribution in [0.1, 0.15) is 11.1 Å². The molecule has 1 aliphatic heterocycles. The minimum absolute atomic E-state index is 0.0619. The highest BCUT2D eigenvalue weighted by Crippen LogP contribution is 2.38. The Morgan fingerprint density at radius 1 is 1.24 bits per heavy atom. The van der Waals surface area contributed by atoms with Gasteiger partial charge in [0.2, 0.25) is 0 Å². The lowest BCUT2D eigenvalue weighted by atomic mass is 10.1. The van der Waals surface area contributed by atoms with Crippen LogP contribution in [0, 0.1) is 17.0 Å². The van der Waals surface area contributed by atoms with Gasteiger partial charge in [-0.3, -0.25) is 24.6 Å². The molecule has 1 fully saturated rings. The number of hydrogen-bond donors (Lipinski definition) is 0. The van der Waals surface area contributed by atoms with Gasteiger partial charge >= 0.3 is 0 Å². The fourth-order valence-corrected chi connectivity index (χ4v) is 4.01. The molecule has 0 radical (unpaired) electrons. The molecule has 1 aliphatic rings. The molecule has 0 saturated carbocycles. The third kappa shape index (κ3) is 4.72. The van der Waals surface area contributed by atoms with Gasteiger partial charge in [0.15, 0.2) is 0 Å². The summed E-state index contributed by atoms with van der Waals surface area (Å²) in [6.45, 7) is 2.12. The second-order valence-electron chi connectivity index (χ2n) is 6.05. The van der Waals surface area contributed by atoms with Crippen LogP contribution >= 0.6 is 35.0 Å². The average Bonchev–Trinajstić information content (AvgIpc) is 2.92. The summed E-state index contributed by atoms with van der Waals surface area (Å²) >= 11 is 12.9. The number of rotatable bonds is 6. The second-order valence-corrected chi connectivity index (χ2v) is 7.83. The number of nitro benzene ring substituents is 1. The molecule has 1 saturated heterocycles. The fourth-order valence-electron chi connectivity index (χ4n) is 2.61. The number of carbonyl (C=O) groups is 2. The predicted molar refractivity (Wildman–Crippen MR) is 112 cm³/mol. The average molecular weight is 453 g/mol. The Hall–Kier alpha value is -2.55. The first kappa shape index (κ1) is 21.2. The molecule has 10 heteroatoms. The van der Waals surface area contributed by atoms with E-state index in [1.807, 2.05) is 25.1 Å². The van der Waals surface area contributed by atoms with E-state index in [2.05, 4.69) is 0 Å². The summed E-state index contributed by atoms with van der Waals surface area (Å²) < 4.78 is 5.59. The zero-order chi connectivity index (χ0) is 21.1. The van der Waals surface area contributed by atoms with Gasteiger partial charge in [0.1, 0.15) is 17.4 Å². The molecule has 2 aromatic rings. The van der Waals surface area contributed by atoms with Gasteiger partial charge in [0, 0.05) is 16.7 Å². The van der Waals surface area contributed by atoms with E-state index in [1.165, 1.54) is 18.2 Å². The summed E-state index contributed by atoms with van der Waals surface area (Å²) in [4.78, 5) is 36.4. The number of nitro groups is 1. The van der Waals surface area contributed by atoms with E-state index in [1.54, 1.807) is 6.07 Å². The van der Waals surface area contributed by atoms with E-state index in [0.29, 0.717) is 17.5 Å². The smallest absolute Gasteiger partial charge is 0.293 e. The normalized spacial score (nSPS) is 15.3. The van der Waals surface area contributed by atoms with Crippen LogP contribution in [0.2, 0.25) is 10.0 Å². The molecule has 0 bridgehead atoms. The molecule has 0 aliphatic carbocycles. The molecule has 7 nitrogen and oxygen atoms in total. The van der Waals surface area contributed by atoms with Crippen molar-refractivity contribution in [3.63, 3.8) is 0 Å². The third-order valence-corrected chi connectivity index (χ3v) is 5.66.